The average Bonchev–Trinajstić information content (AvgIpc) is 3.42. The molecule has 4 N–H and O–H groups in total. The van der Waals surface area contributed by atoms with E-state index in [2.05, 4.69) is 10.6 Å². The number of carboxylic acid groups (broad SMARTS) is 1. The molecule has 1 aliphatic rings. The van der Waals surface area contributed by atoms with Gasteiger partial charge in [-0.2, -0.15) is 0 Å². The monoisotopic (exact) mass is 533 g/mol. The first-order valence-electron chi connectivity index (χ1n) is 12.5. The van der Waals surface area contributed by atoms with Crippen LogP contribution in [0.4, 0.5) is 16.2 Å². The fourth-order valence-electron chi connectivity index (χ4n) is 4.51. The first-order valence-corrected chi connectivity index (χ1v) is 12.5. The molecular weight excluding hydrogens is 502 g/mol. The van der Waals surface area contributed by atoms with Crippen molar-refractivity contribution in [2.24, 2.45) is 0 Å². The number of amides is 3. The van der Waals surface area contributed by atoms with Crippen LogP contribution in [0, 0.1) is 6.92 Å². The number of hydrogen-bond donors (Lipinski definition) is 4. The van der Waals surface area contributed by atoms with Crippen molar-refractivity contribution in [1.29, 1.82) is 0 Å². The van der Waals surface area contributed by atoms with Crippen molar-refractivity contribution in [3.05, 3.63) is 83.4 Å². The normalized spacial score (nSPS) is 15.4. The third-order valence-electron chi connectivity index (χ3n) is 6.57. The number of nitrogens with zero attached hydrogens (tertiary/aromatic N) is 1. The fraction of sp³-hybridized carbons (Fsp3) is 0.276. The Bertz CT molecular complexity index is 1340. The van der Waals surface area contributed by atoms with Gasteiger partial charge in [0.2, 0.25) is 12.2 Å². The van der Waals surface area contributed by atoms with Crippen LogP contribution in [-0.4, -0.2) is 59.0 Å². The van der Waals surface area contributed by atoms with Crippen molar-refractivity contribution < 1.29 is 34.1 Å². The number of para-hydroxylation sites is 1. The summed E-state index contributed by atoms with van der Waals surface area (Å²) >= 11 is 0. The number of ether oxygens (including phenoxy) is 2. The lowest BCUT2D eigenvalue weighted by Crippen LogP contribution is -2.45. The Kier molecular flexibility index (Phi) is 8.67. The number of hydrogen-bond acceptors (Lipinski definition) is 6. The van der Waals surface area contributed by atoms with E-state index in [4.69, 9.17) is 14.6 Å². The standard InChI is InChI=1S/C29H31N3O7/c1-18-6-3-4-7-22(18)30-29(37)31-23-14-9-19(16-25(23)38-2)17-26(33)32-15-5-8-24(32)28(36)39-21-12-10-20(11-13-21)27(34)35/h3-4,6-7,9-14,16,24,28,36H,5,8,15,17H2,1-2H3,(H,34,35)(H2,30,31,37)/t24-,28?/m0/s1. The number of rotatable bonds is 9. The Hall–Kier alpha value is -4.57. The molecule has 10 heteroatoms. The number of carbonyl (C=O) groups excluding carboxylic acids is 2. The minimum atomic E-state index is -1.26. The maximum atomic E-state index is 13.2. The van der Waals surface area contributed by atoms with E-state index in [1.807, 2.05) is 31.2 Å². The number of aromatic carboxylic acids is 1. The molecule has 0 saturated carbocycles. The zero-order chi connectivity index (χ0) is 27.9. The number of methoxy groups -OCH3 is 1. The number of aryl methyl sites for hydroxylation is 1. The molecule has 0 radical (unpaired) electrons. The second-order valence-electron chi connectivity index (χ2n) is 9.24. The van der Waals surface area contributed by atoms with E-state index in [0.717, 1.165) is 12.0 Å². The van der Waals surface area contributed by atoms with Crippen molar-refractivity contribution >= 4 is 29.3 Å². The third-order valence-corrected chi connectivity index (χ3v) is 6.57. The first kappa shape index (κ1) is 27.5. The number of aliphatic hydroxyl groups is 1. The molecule has 3 aromatic carbocycles. The number of anilines is 2. The van der Waals surface area contributed by atoms with Gasteiger partial charge < -0.3 is 35.2 Å². The molecule has 10 nitrogen and oxygen atoms in total. The SMILES string of the molecule is COc1cc(CC(=O)N2CCC[C@H]2C(O)Oc2ccc(C(=O)O)cc2)ccc1NC(=O)Nc1ccccc1C. The van der Waals surface area contributed by atoms with E-state index in [9.17, 15) is 19.5 Å². The second-order valence-corrected chi connectivity index (χ2v) is 9.24. The third kappa shape index (κ3) is 6.85. The van der Waals surface area contributed by atoms with E-state index in [0.29, 0.717) is 41.4 Å². The molecule has 0 aromatic heterocycles. The summed E-state index contributed by atoms with van der Waals surface area (Å²) in [5.41, 5.74) is 2.88. The zero-order valence-corrected chi connectivity index (χ0v) is 21.7. The molecule has 39 heavy (non-hydrogen) atoms. The van der Waals surface area contributed by atoms with E-state index in [-0.39, 0.29) is 17.9 Å². The molecule has 0 spiro atoms. The molecule has 1 unspecified atom stereocenters. The van der Waals surface area contributed by atoms with E-state index in [1.54, 1.807) is 23.1 Å². The predicted octanol–water partition coefficient (Wildman–Crippen LogP) is 4.28. The molecular formula is C29H31N3O7. The Morgan fingerprint density at radius 3 is 2.44 bits per heavy atom. The highest BCUT2D eigenvalue weighted by atomic mass is 16.6. The van der Waals surface area contributed by atoms with Gasteiger partial charge in [0.05, 0.1) is 30.8 Å². The number of carbonyl (C=O) groups is 3. The van der Waals surface area contributed by atoms with Gasteiger partial charge in [-0.15, -0.1) is 0 Å². The molecule has 1 heterocycles. The van der Waals surface area contributed by atoms with Crippen molar-refractivity contribution in [2.75, 3.05) is 24.3 Å². The van der Waals surface area contributed by atoms with Gasteiger partial charge in [0.15, 0.2) is 0 Å². The van der Waals surface area contributed by atoms with Crippen molar-refractivity contribution in [3.8, 4) is 11.5 Å². The summed E-state index contributed by atoms with van der Waals surface area (Å²) in [6.45, 7) is 2.38. The van der Waals surface area contributed by atoms with E-state index in [1.165, 1.54) is 31.4 Å². The van der Waals surface area contributed by atoms with Crippen molar-refractivity contribution in [1.82, 2.24) is 4.90 Å². The predicted molar refractivity (Wildman–Crippen MR) is 145 cm³/mol. The highest BCUT2D eigenvalue weighted by Gasteiger charge is 2.35. The summed E-state index contributed by atoms with van der Waals surface area (Å²) < 4.78 is 11.1. The number of carboxylic acids is 1. The molecule has 1 fully saturated rings. The van der Waals surface area contributed by atoms with Gasteiger partial charge in [-0.3, -0.25) is 4.79 Å². The maximum absolute atomic E-state index is 13.2. The van der Waals surface area contributed by atoms with Gasteiger partial charge in [-0.1, -0.05) is 24.3 Å². The van der Waals surface area contributed by atoms with Crippen LogP contribution in [-0.2, 0) is 11.2 Å². The van der Waals surface area contributed by atoms with Crippen LogP contribution in [0.1, 0.15) is 34.3 Å². The lowest BCUT2D eigenvalue weighted by molar-refractivity contribution is -0.139. The number of urea groups is 1. The van der Waals surface area contributed by atoms with E-state index < -0.39 is 24.3 Å². The summed E-state index contributed by atoms with van der Waals surface area (Å²) in [5.74, 6) is -0.514. The Morgan fingerprint density at radius 2 is 1.74 bits per heavy atom. The van der Waals surface area contributed by atoms with Gasteiger partial charge in [0.25, 0.3) is 0 Å². The Morgan fingerprint density at radius 1 is 1.03 bits per heavy atom. The highest BCUT2D eigenvalue weighted by Crippen LogP contribution is 2.28. The van der Waals surface area contributed by atoms with E-state index >= 15 is 0 Å². The molecule has 204 valence electrons. The molecule has 3 aromatic rings. The van der Waals surface area contributed by atoms with Crippen LogP contribution >= 0.6 is 0 Å². The summed E-state index contributed by atoms with van der Waals surface area (Å²) in [6, 6.07) is 17.3. The van der Waals surface area contributed by atoms with Gasteiger partial charge in [-0.05, 0) is 73.4 Å². The summed E-state index contributed by atoms with van der Waals surface area (Å²) in [5, 5.41) is 25.3. The van der Waals surface area contributed by atoms with Crippen molar-refractivity contribution in [2.45, 2.75) is 38.5 Å². The second kappa shape index (κ2) is 12.3. The van der Waals surface area contributed by atoms with Crippen LogP contribution in [0.15, 0.2) is 66.7 Å². The number of likely N-dealkylation sites (tertiary alicyclic amines) is 1. The lowest BCUT2D eigenvalue weighted by atomic mass is 10.1. The van der Waals surface area contributed by atoms with Crippen molar-refractivity contribution in [3.63, 3.8) is 0 Å². The minimum absolute atomic E-state index is 0.0720. The average molecular weight is 534 g/mol. The van der Waals surface area contributed by atoms with Crippen LogP contribution in [0.25, 0.3) is 0 Å². The summed E-state index contributed by atoms with van der Waals surface area (Å²) in [4.78, 5) is 38.3. The molecule has 4 rings (SSSR count). The molecule has 1 aliphatic heterocycles. The molecule has 2 atom stereocenters. The van der Waals surface area contributed by atoms with Crippen LogP contribution in [0.5, 0.6) is 11.5 Å². The van der Waals surface area contributed by atoms with Crippen LogP contribution < -0.4 is 20.1 Å². The van der Waals surface area contributed by atoms with Gasteiger partial charge in [0, 0.05) is 12.2 Å². The Labute approximate surface area is 226 Å². The quantitative estimate of drug-likeness (QED) is 0.301. The summed E-state index contributed by atoms with van der Waals surface area (Å²) in [7, 11) is 1.48. The number of aliphatic hydroxyl groups excluding tert-OH is 1. The minimum Gasteiger partial charge on any atom is -0.495 e. The topological polar surface area (TPSA) is 137 Å². The Balaban J connectivity index is 1.37. The fourth-order valence-corrected chi connectivity index (χ4v) is 4.51. The van der Waals surface area contributed by atoms with Crippen LogP contribution in [0.2, 0.25) is 0 Å². The molecule has 1 saturated heterocycles. The van der Waals surface area contributed by atoms with Gasteiger partial charge >= 0.3 is 12.0 Å². The maximum Gasteiger partial charge on any atom is 0.335 e. The smallest absolute Gasteiger partial charge is 0.335 e. The molecule has 0 bridgehead atoms. The first-order chi connectivity index (χ1) is 18.7. The number of nitrogens with one attached hydrogen (secondary N) is 2. The molecule has 0 aliphatic carbocycles. The van der Waals surface area contributed by atoms with Crippen LogP contribution in [0.3, 0.4) is 0 Å². The largest absolute Gasteiger partial charge is 0.495 e. The van der Waals surface area contributed by atoms with Gasteiger partial charge in [0.1, 0.15) is 11.5 Å². The zero-order valence-electron chi connectivity index (χ0n) is 21.7. The number of benzene rings is 3. The lowest BCUT2D eigenvalue weighted by Gasteiger charge is -2.29. The van der Waals surface area contributed by atoms with Gasteiger partial charge in [-0.25, -0.2) is 9.59 Å². The summed E-state index contributed by atoms with van der Waals surface area (Å²) in [6.07, 6.45) is 0.0990. The highest BCUT2D eigenvalue weighted by molar-refractivity contribution is 6.01. The molecule has 3 amide bonds.